The van der Waals surface area contributed by atoms with Crippen LogP contribution in [0.1, 0.15) is 23.9 Å². The summed E-state index contributed by atoms with van der Waals surface area (Å²) in [7, 11) is 1.65. The quantitative estimate of drug-likeness (QED) is 0.621. The van der Waals surface area contributed by atoms with E-state index < -0.39 is 0 Å². The number of halogens is 1. The van der Waals surface area contributed by atoms with Gasteiger partial charge in [0.2, 0.25) is 11.8 Å². The maximum Gasteiger partial charge on any atom is 0.244 e. The van der Waals surface area contributed by atoms with Crippen molar-refractivity contribution in [3.8, 4) is 0 Å². The molecule has 1 unspecified atom stereocenters. The molecular formula is C22H23ClN4O2S. The van der Waals surface area contributed by atoms with Gasteiger partial charge in [-0.15, -0.1) is 11.3 Å². The first-order valence-electron chi connectivity index (χ1n) is 9.89. The van der Waals surface area contributed by atoms with Gasteiger partial charge in [-0.25, -0.2) is 4.98 Å². The maximum atomic E-state index is 12.8. The van der Waals surface area contributed by atoms with Crippen LogP contribution in [0.3, 0.4) is 0 Å². The number of rotatable bonds is 6. The average molecular weight is 443 g/mol. The van der Waals surface area contributed by atoms with Gasteiger partial charge < -0.3 is 10.2 Å². The van der Waals surface area contributed by atoms with Crippen LogP contribution in [0.2, 0.25) is 5.02 Å². The summed E-state index contributed by atoms with van der Waals surface area (Å²) in [5, 5.41) is 4.28. The zero-order valence-electron chi connectivity index (χ0n) is 16.7. The zero-order valence-corrected chi connectivity index (χ0v) is 18.2. The number of hydrogen-bond donors (Lipinski definition) is 1. The predicted molar refractivity (Wildman–Crippen MR) is 121 cm³/mol. The lowest BCUT2D eigenvalue weighted by atomic mass is 10.2. The van der Waals surface area contributed by atoms with Crippen LogP contribution in [-0.4, -0.2) is 53.3 Å². The molecule has 1 N–H and O–H groups in total. The molecular weight excluding hydrogens is 420 g/mol. The van der Waals surface area contributed by atoms with Crippen LogP contribution in [0.15, 0.2) is 48.5 Å². The lowest BCUT2D eigenvalue weighted by Gasteiger charge is -2.25. The minimum absolute atomic E-state index is 0.0241. The number of thiazole rings is 1. The van der Waals surface area contributed by atoms with E-state index >= 15 is 0 Å². The number of likely N-dealkylation sites (tertiary alicyclic amines) is 1. The summed E-state index contributed by atoms with van der Waals surface area (Å²) >= 11 is 7.77. The molecule has 1 aromatic heterocycles. The number of amides is 2. The number of nitrogens with one attached hydrogen (secondary N) is 1. The lowest BCUT2D eigenvalue weighted by molar-refractivity contribution is -0.134. The Morgan fingerprint density at radius 3 is 2.80 bits per heavy atom. The molecule has 1 fully saturated rings. The summed E-state index contributed by atoms with van der Waals surface area (Å²) in [6, 6.07) is 15.3. The molecule has 156 valence electrons. The van der Waals surface area contributed by atoms with E-state index in [1.165, 1.54) is 9.60 Å². The third-order valence-electron chi connectivity index (χ3n) is 5.25. The summed E-state index contributed by atoms with van der Waals surface area (Å²) in [5.74, 6) is -0.361. The van der Waals surface area contributed by atoms with Gasteiger partial charge in [-0.1, -0.05) is 35.9 Å². The van der Waals surface area contributed by atoms with Crippen molar-refractivity contribution in [2.75, 3.05) is 32.0 Å². The third-order valence-corrected chi connectivity index (χ3v) is 6.72. The van der Waals surface area contributed by atoms with E-state index in [0.717, 1.165) is 29.9 Å². The molecule has 0 radical (unpaired) electrons. The number of anilines is 1. The van der Waals surface area contributed by atoms with Gasteiger partial charge in [-0.3, -0.25) is 14.5 Å². The number of likely N-dealkylation sites (N-methyl/N-ethyl adjacent to an activating group) is 1. The molecule has 0 bridgehead atoms. The number of benzene rings is 2. The van der Waals surface area contributed by atoms with Gasteiger partial charge in [-0.05, 0) is 43.7 Å². The van der Waals surface area contributed by atoms with Crippen LogP contribution in [0.5, 0.6) is 0 Å². The van der Waals surface area contributed by atoms with Crippen LogP contribution in [0.4, 0.5) is 5.69 Å². The molecule has 8 heteroatoms. The summed E-state index contributed by atoms with van der Waals surface area (Å²) in [6.07, 6.45) is 2.02. The number of hydrogen-bond acceptors (Lipinski definition) is 5. The Balaban J connectivity index is 1.36. The van der Waals surface area contributed by atoms with Crippen molar-refractivity contribution in [2.24, 2.45) is 0 Å². The van der Waals surface area contributed by atoms with E-state index in [2.05, 4.69) is 16.3 Å². The topological polar surface area (TPSA) is 65.5 Å². The highest BCUT2D eigenvalue weighted by Gasteiger charge is 2.31. The fraction of sp³-hybridized carbons (Fsp3) is 0.318. The van der Waals surface area contributed by atoms with Gasteiger partial charge >= 0.3 is 0 Å². The van der Waals surface area contributed by atoms with E-state index in [1.54, 1.807) is 42.6 Å². The zero-order chi connectivity index (χ0) is 21.1. The highest BCUT2D eigenvalue weighted by molar-refractivity contribution is 7.18. The minimum atomic E-state index is -0.275. The van der Waals surface area contributed by atoms with Crippen LogP contribution in [-0.2, 0) is 9.59 Å². The number of aromatic nitrogens is 1. The standard InChI is InChI=1S/C22H23ClN4O2S/c1-26(13-20(28)24-16-8-3-2-7-15(16)23)21(29)14-27-12-6-10-18(27)22-25-17-9-4-5-11-19(17)30-22/h2-5,7-9,11,18H,6,10,12-14H2,1H3,(H,24,28). The Bertz CT molecular complexity index is 1040. The Hall–Kier alpha value is -2.48. The third kappa shape index (κ3) is 4.64. The number of carbonyl (C=O) groups excluding carboxylic acids is 2. The maximum absolute atomic E-state index is 12.8. The van der Waals surface area contributed by atoms with Crippen molar-refractivity contribution < 1.29 is 9.59 Å². The van der Waals surface area contributed by atoms with E-state index in [1.807, 2.05) is 18.2 Å². The van der Waals surface area contributed by atoms with Gasteiger partial charge in [0.1, 0.15) is 5.01 Å². The molecule has 6 nitrogen and oxygen atoms in total. The van der Waals surface area contributed by atoms with Crippen LogP contribution < -0.4 is 5.32 Å². The molecule has 1 atom stereocenters. The fourth-order valence-electron chi connectivity index (χ4n) is 3.68. The first-order chi connectivity index (χ1) is 14.5. The number of para-hydroxylation sites is 2. The van der Waals surface area contributed by atoms with Gasteiger partial charge in [0.25, 0.3) is 0 Å². The molecule has 2 aromatic carbocycles. The van der Waals surface area contributed by atoms with E-state index in [0.29, 0.717) is 10.7 Å². The van der Waals surface area contributed by atoms with E-state index in [9.17, 15) is 9.59 Å². The summed E-state index contributed by atoms with van der Waals surface area (Å²) in [5.41, 5.74) is 1.55. The molecule has 0 aliphatic carbocycles. The highest BCUT2D eigenvalue weighted by Crippen LogP contribution is 2.36. The molecule has 3 aromatic rings. The van der Waals surface area contributed by atoms with E-state index in [4.69, 9.17) is 16.6 Å². The van der Waals surface area contributed by atoms with Crippen LogP contribution in [0.25, 0.3) is 10.2 Å². The molecule has 0 saturated carbocycles. The van der Waals surface area contributed by atoms with Gasteiger partial charge in [0.15, 0.2) is 0 Å². The van der Waals surface area contributed by atoms with Gasteiger partial charge in [0.05, 0.1) is 40.1 Å². The Kier molecular flexibility index (Phi) is 6.32. The average Bonchev–Trinajstić information content (AvgIpc) is 3.35. The number of fused-ring (bicyclic) bond motifs is 1. The fourth-order valence-corrected chi connectivity index (χ4v) is 5.00. The first kappa shape index (κ1) is 20.8. The molecule has 1 aliphatic rings. The predicted octanol–water partition coefficient (Wildman–Crippen LogP) is 4.18. The van der Waals surface area contributed by atoms with Crippen molar-refractivity contribution in [1.82, 2.24) is 14.8 Å². The second-order valence-electron chi connectivity index (χ2n) is 7.43. The smallest absolute Gasteiger partial charge is 0.244 e. The Morgan fingerprint density at radius 1 is 1.23 bits per heavy atom. The van der Waals surface area contributed by atoms with Gasteiger partial charge in [-0.2, -0.15) is 0 Å². The summed E-state index contributed by atoms with van der Waals surface area (Å²) < 4.78 is 1.17. The van der Waals surface area contributed by atoms with Crippen molar-refractivity contribution in [1.29, 1.82) is 0 Å². The normalized spacial score (nSPS) is 16.7. The van der Waals surface area contributed by atoms with Crippen LogP contribution >= 0.6 is 22.9 Å². The molecule has 1 aliphatic heterocycles. The van der Waals surface area contributed by atoms with Crippen molar-refractivity contribution in [3.63, 3.8) is 0 Å². The van der Waals surface area contributed by atoms with Crippen LogP contribution in [0, 0.1) is 0 Å². The monoisotopic (exact) mass is 442 g/mol. The lowest BCUT2D eigenvalue weighted by Crippen LogP contribution is -2.41. The molecule has 2 amide bonds. The number of nitrogens with zero attached hydrogens (tertiary/aromatic N) is 3. The summed E-state index contributed by atoms with van der Waals surface area (Å²) in [6.45, 7) is 1.10. The van der Waals surface area contributed by atoms with Gasteiger partial charge in [0, 0.05) is 7.05 Å². The Labute approximate surface area is 184 Å². The second-order valence-corrected chi connectivity index (χ2v) is 8.90. The highest BCUT2D eigenvalue weighted by atomic mass is 35.5. The Morgan fingerprint density at radius 2 is 2.00 bits per heavy atom. The van der Waals surface area contributed by atoms with Crippen molar-refractivity contribution >= 4 is 50.7 Å². The summed E-state index contributed by atoms with van der Waals surface area (Å²) in [4.78, 5) is 33.5. The number of carbonyl (C=O) groups is 2. The van der Waals surface area contributed by atoms with Crippen molar-refractivity contribution in [2.45, 2.75) is 18.9 Å². The molecule has 4 rings (SSSR count). The molecule has 30 heavy (non-hydrogen) atoms. The van der Waals surface area contributed by atoms with E-state index in [-0.39, 0.29) is 30.9 Å². The minimum Gasteiger partial charge on any atom is -0.335 e. The molecule has 2 heterocycles. The molecule has 1 saturated heterocycles. The largest absolute Gasteiger partial charge is 0.335 e. The van der Waals surface area contributed by atoms with Crippen molar-refractivity contribution in [3.05, 3.63) is 58.6 Å². The first-order valence-corrected chi connectivity index (χ1v) is 11.1. The molecule has 0 spiro atoms. The second kappa shape index (κ2) is 9.12. The SMILES string of the molecule is CN(CC(=O)Nc1ccccc1Cl)C(=O)CN1CCCC1c1nc2ccccc2s1.